The van der Waals surface area contributed by atoms with Crippen molar-refractivity contribution >= 4 is 17.5 Å². The van der Waals surface area contributed by atoms with Gasteiger partial charge in [-0.25, -0.2) is 0 Å². The molecule has 8 nitrogen and oxygen atoms in total. The van der Waals surface area contributed by atoms with Crippen molar-refractivity contribution in [2.24, 2.45) is 0 Å². The smallest absolute Gasteiger partial charge is 0.260 e. The molecular weight excluding hydrogens is 418 g/mol. The lowest BCUT2D eigenvalue weighted by Gasteiger charge is -2.22. The lowest BCUT2D eigenvalue weighted by molar-refractivity contribution is 0.0715. The molecule has 1 aliphatic rings. The number of hydrogen-bond donors (Lipinski definition) is 0. The highest BCUT2D eigenvalue weighted by atomic mass is 35.5. The van der Waals surface area contributed by atoms with Crippen molar-refractivity contribution in [3.8, 4) is 22.7 Å². The molecule has 0 aliphatic carbocycles. The minimum absolute atomic E-state index is 0.197. The molecule has 0 N–H and O–H groups in total. The Morgan fingerprint density at radius 2 is 2.06 bits per heavy atom. The average Bonchev–Trinajstić information content (AvgIpc) is 3.53. The molecular formula is C22H18ClN5O3. The standard InChI is InChI=1S/C22H18ClN5O3/c1-13-18(19(27-31-13)15-7-2-3-8-16(15)23)22(29)28-11-5-9-17(28)21-26-25-20(30-21)14-6-4-10-24-12-14/h2-4,6-8,10,12,17H,5,9,11H2,1H3. The number of likely N-dealkylation sites (tertiary alicyclic amines) is 1. The lowest BCUT2D eigenvalue weighted by atomic mass is 10.0. The Balaban J connectivity index is 1.48. The van der Waals surface area contributed by atoms with Crippen molar-refractivity contribution in [1.82, 2.24) is 25.2 Å². The lowest BCUT2D eigenvalue weighted by Crippen LogP contribution is -2.31. The summed E-state index contributed by atoms with van der Waals surface area (Å²) in [5.41, 5.74) is 2.21. The van der Waals surface area contributed by atoms with E-state index < -0.39 is 0 Å². The zero-order chi connectivity index (χ0) is 21.4. The number of carbonyl (C=O) groups excluding carboxylic acids is 1. The van der Waals surface area contributed by atoms with E-state index in [1.165, 1.54) is 0 Å². The summed E-state index contributed by atoms with van der Waals surface area (Å²) in [7, 11) is 0. The number of rotatable bonds is 4. The SMILES string of the molecule is Cc1onc(-c2ccccc2Cl)c1C(=O)N1CCCC1c1nnc(-c2cccnc2)o1. The van der Waals surface area contributed by atoms with E-state index in [0.29, 0.717) is 45.9 Å². The van der Waals surface area contributed by atoms with Crippen LogP contribution in [0.15, 0.2) is 57.7 Å². The van der Waals surface area contributed by atoms with E-state index in [0.717, 1.165) is 18.4 Å². The molecule has 1 saturated heterocycles. The van der Waals surface area contributed by atoms with Gasteiger partial charge in [-0.1, -0.05) is 35.0 Å². The number of benzene rings is 1. The van der Waals surface area contributed by atoms with Gasteiger partial charge in [0.1, 0.15) is 23.1 Å². The highest BCUT2D eigenvalue weighted by molar-refractivity contribution is 6.33. The van der Waals surface area contributed by atoms with Crippen LogP contribution in [-0.2, 0) is 0 Å². The maximum Gasteiger partial charge on any atom is 0.260 e. The third kappa shape index (κ3) is 3.48. The molecule has 9 heteroatoms. The molecule has 1 amide bonds. The molecule has 156 valence electrons. The zero-order valence-corrected chi connectivity index (χ0v) is 17.4. The Kier molecular flexibility index (Phi) is 4.99. The second-order valence-corrected chi connectivity index (χ2v) is 7.69. The van der Waals surface area contributed by atoms with E-state index in [9.17, 15) is 4.79 Å². The van der Waals surface area contributed by atoms with Gasteiger partial charge in [-0.15, -0.1) is 10.2 Å². The van der Waals surface area contributed by atoms with E-state index in [-0.39, 0.29) is 11.9 Å². The quantitative estimate of drug-likeness (QED) is 0.457. The Morgan fingerprint density at radius 1 is 1.19 bits per heavy atom. The number of pyridine rings is 1. The number of aromatic nitrogens is 4. The van der Waals surface area contributed by atoms with Gasteiger partial charge in [-0.05, 0) is 38.0 Å². The van der Waals surface area contributed by atoms with Gasteiger partial charge >= 0.3 is 0 Å². The monoisotopic (exact) mass is 435 g/mol. The maximum absolute atomic E-state index is 13.6. The molecule has 0 bridgehead atoms. The van der Waals surface area contributed by atoms with Crippen LogP contribution in [0.3, 0.4) is 0 Å². The first-order valence-corrected chi connectivity index (χ1v) is 10.3. The number of halogens is 1. The van der Waals surface area contributed by atoms with Crippen LogP contribution in [0.2, 0.25) is 5.02 Å². The van der Waals surface area contributed by atoms with Crippen LogP contribution in [0.25, 0.3) is 22.7 Å². The number of aryl methyl sites for hydroxylation is 1. The molecule has 0 saturated carbocycles. The molecule has 4 aromatic rings. The third-order valence-corrected chi connectivity index (χ3v) is 5.68. The average molecular weight is 436 g/mol. The molecule has 3 aromatic heterocycles. The van der Waals surface area contributed by atoms with E-state index in [1.807, 2.05) is 24.3 Å². The number of nitrogens with zero attached hydrogens (tertiary/aromatic N) is 5. The summed E-state index contributed by atoms with van der Waals surface area (Å²) < 4.78 is 11.3. The summed E-state index contributed by atoms with van der Waals surface area (Å²) in [6.45, 7) is 2.29. The predicted octanol–water partition coefficient (Wildman–Crippen LogP) is 4.73. The minimum atomic E-state index is -0.321. The Bertz CT molecular complexity index is 1240. The fourth-order valence-electron chi connectivity index (χ4n) is 3.85. The van der Waals surface area contributed by atoms with Crippen LogP contribution in [0.4, 0.5) is 0 Å². The van der Waals surface area contributed by atoms with E-state index in [4.69, 9.17) is 20.5 Å². The summed E-state index contributed by atoms with van der Waals surface area (Å²) >= 11 is 6.34. The van der Waals surface area contributed by atoms with Crippen molar-refractivity contribution in [2.45, 2.75) is 25.8 Å². The molecule has 5 rings (SSSR count). The first-order valence-electron chi connectivity index (χ1n) is 9.89. The van der Waals surface area contributed by atoms with Gasteiger partial charge in [0, 0.05) is 24.5 Å². The van der Waals surface area contributed by atoms with Crippen LogP contribution < -0.4 is 0 Å². The first kappa shape index (κ1) is 19.4. The summed E-state index contributed by atoms with van der Waals surface area (Å²) in [4.78, 5) is 19.4. The van der Waals surface area contributed by atoms with Crippen molar-refractivity contribution in [3.63, 3.8) is 0 Å². The fourth-order valence-corrected chi connectivity index (χ4v) is 4.07. The normalized spacial score (nSPS) is 16.1. The Hall–Kier alpha value is -3.52. The maximum atomic E-state index is 13.6. The van der Waals surface area contributed by atoms with Gasteiger partial charge in [0.05, 0.1) is 10.6 Å². The largest absolute Gasteiger partial charge is 0.418 e. The highest BCUT2D eigenvalue weighted by Gasteiger charge is 2.37. The molecule has 4 heterocycles. The van der Waals surface area contributed by atoms with Gasteiger partial charge in [-0.3, -0.25) is 9.78 Å². The predicted molar refractivity (Wildman–Crippen MR) is 112 cm³/mol. The minimum Gasteiger partial charge on any atom is -0.418 e. The van der Waals surface area contributed by atoms with Crippen molar-refractivity contribution in [3.05, 3.63) is 71.0 Å². The zero-order valence-electron chi connectivity index (χ0n) is 16.7. The molecule has 31 heavy (non-hydrogen) atoms. The second kappa shape index (κ2) is 7.96. The van der Waals surface area contributed by atoms with Crippen molar-refractivity contribution in [2.75, 3.05) is 6.54 Å². The fraction of sp³-hybridized carbons (Fsp3) is 0.227. The molecule has 1 aromatic carbocycles. The van der Waals surface area contributed by atoms with E-state index >= 15 is 0 Å². The molecule has 1 fully saturated rings. The summed E-state index contributed by atoms with van der Waals surface area (Å²) in [5.74, 6) is 1.02. The van der Waals surface area contributed by atoms with Crippen LogP contribution >= 0.6 is 11.6 Å². The summed E-state index contributed by atoms with van der Waals surface area (Å²) in [6, 6.07) is 10.6. The Labute approximate surface area is 182 Å². The highest BCUT2D eigenvalue weighted by Crippen LogP contribution is 2.37. The van der Waals surface area contributed by atoms with Crippen LogP contribution in [-0.4, -0.2) is 37.7 Å². The molecule has 0 spiro atoms. The topological polar surface area (TPSA) is 98.2 Å². The van der Waals surface area contributed by atoms with Gasteiger partial charge in [-0.2, -0.15) is 0 Å². The van der Waals surface area contributed by atoms with Gasteiger partial charge in [0.2, 0.25) is 11.8 Å². The van der Waals surface area contributed by atoms with Crippen LogP contribution in [0, 0.1) is 6.92 Å². The van der Waals surface area contributed by atoms with Gasteiger partial charge < -0.3 is 13.8 Å². The first-order chi connectivity index (χ1) is 15.1. The molecule has 0 radical (unpaired) electrons. The van der Waals surface area contributed by atoms with E-state index in [2.05, 4.69) is 20.3 Å². The number of hydrogen-bond acceptors (Lipinski definition) is 7. The van der Waals surface area contributed by atoms with Gasteiger partial charge in [0.15, 0.2) is 0 Å². The van der Waals surface area contributed by atoms with Crippen molar-refractivity contribution < 1.29 is 13.7 Å². The van der Waals surface area contributed by atoms with Gasteiger partial charge in [0.25, 0.3) is 5.91 Å². The molecule has 1 aliphatic heterocycles. The third-order valence-electron chi connectivity index (χ3n) is 5.35. The molecule has 1 unspecified atom stereocenters. The molecule has 1 atom stereocenters. The van der Waals surface area contributed by atoms with Crippen molar-refractivity contribution in [1.29, 1.82) is 0 Å². The summed E-state index contributed by atoms with van der Waals surface area (Å²) in [5, 5.41) is 13.0. The van der Waals surface area contributed by atoms with E-state index in [1.54, 1.807) is 36.4 Å². The Morgan fingerprint density at radius 3 is 2.87 bits per heavy atom. The number of carbonyl (C=O) groups is 1. The number of amides is 1. The second-order valence-electron chi connectivity index (χ2n) is 7.29. The van der Waals surface area contributed by atoms with Crippen LogP contribution in [0.1, 0.15) is 40.9 Å². The summed E-state index contributed by atoms with van der Waals surface area (Å²) in [6.07, 6.45) is 4.89. The van der Waals surface area contributed by atoms with Crippen LogP contribution in [0.5, 0.6) is 0 Å².